The summed E-state index contributed by atoms with van der Waals surface area (Å²) in [6.45, 7) is 2.55. The number of pyridine rings is 4. The molecule has 0 unspecified atom stereocenters. The van der Waals surface area contributed by atoms with Gasteiger partial charge in [0.25, 0.3) is 0 Å². The van der Waals surface area contributed by atoms with E-state index in [0.29, 0.717) is 45.4 Å². The minimum absolute atomic E-state index is 0. The Morgan fingerprint density at radius 1 is 0.311 bits per heavy atom. The Morgan fingerprint density at radius 3 is 0.689 bits per heavy atom. The van der Waals surface area contributed by atoms with Gasteiger partial charge in [-0.1, -0.05) is 237 Å². The molecular weight excluding hydrogens is 2240 g/mol. The van der Waals surface area contributed by atoms with Gasteiger partial charge in [0.05, 0.1) is 5.09 Å². The maximum absolute atomic E-state index is 10.9. The molecule has 0 amide bonds. The standard InChI is InChI=1S/2C15H13NO3.4C12H8N2O.6Ag.2F6P.NO3/c2*1-11(17)19-16-15(12-7-3-2-4-8-12)13-9-5-6-10-14(13)18;4*15-14-12-10-5-2-1-4-8(10)9-6-3-7-13-11(9)12;;;;;;;2*1-7(2,3,4,5)6;2-1(3)4/h2*2-10,18H,1H3;4*1-7,15H;;;;;;;;;/q;;;;;;6*+1;3*-1. The fourth-order valence-corrected chi connectivity index (χ4v) is 11.1. The van der Waals surface area contributed by atoms with E-state index in [9.17, 15) is 70.2 Å². The van der Waals surface area contributed by atoms with Crippen LogP contribution < -0.4 is 0 Å². The van der Waals surface area contributed by atoms with Gasteiger partial charge in [-0.2, -0.15) is 0 Å². The summed E-state index contributed by atoms with van der Waals surface area (Å²) in [7, 11) is -21.3. The van der Waals surface area contributed by atoms with Gasteiger partial charge < -0.3 is 56.0 Å². The fraction of sp³-hybridized carbons (Fsp3) is 0.0256. The van der Waals surface area contributed by atoms with E-state index < -0.39 is 32.6 Å². The van der Waals surface area contributed by atoms with Crippen molar-refractivity contribution in [1.29, 1.82) is 0 Å². The molecule has 44 heteroatoms. The number of aromatic hydroxyl groups is 2. The minimum atomic E-state index is -10.7. The second-order valence-electron chi connectivity index (χ2n) is 23.5. The Balaban J connectivity index is 0.000000473. The van der Waals surface area contributed by atoms with Crippen molar-refractivity contribution in [1.82, 2.24) is 19.9 Å². The van der Waals surface area contributed by atoms with Crippen molar-refractivity contribution in [3.05, 3.63) is 362 Å². The number of fused-ring (bicyclic) bond motifs is 12. The summed E-state index contributed by atoms with van der Waals surface area (Å²) in [5, 5.41) is 91.5. The average molecular weight is 2290 g/mol. The summed E-state index contributed by atoms with van der Waals surface area (Å²) in [6.07, 6.45) is 6.82. The van der Waals surface area contributed by atoms with Gasteiger partial charge in [-0.3, -0.25) is 19.9 Å². The van der Waals surface area contributed by atoms with E-state index in [4.69, 9.17) is 45.8 Å². The number of carbonyl (C=O) groups excluding carboxylic acids is 2. The maximum atomic E-state index is 10.9. The van der Waals surface area contributed by atoms with Crippen LogP contribution in [0.2, 0.25) is 0 Å². The first-order valence-corrected chi connectivity index (χ1v) is 36.9. The zero-order valence-corrected chi connectivity index (χ0v) is 71.9. The van der Waals surface area contributed by atoms with Crippen LogP contribution in [0.25, 0.3) is 44.5 Å². The van der Waals surface area contributed by atoms with E-state index in [1.165, 1.54) is 13.8 Å². The predicted molar refractivity (Wildman–Crippen MR) is 410 cm³/mol. The summed E-state index contributed by atoms with van der Waals surface area (Å²) < 4.78 is 118. The van der Waals surface area contributed by atoms with Crippen LogP contribution in [0.4, 0.5) is 50.4 Å². The zero-order chi connectivity index (χ0) is 84.7. The molecule has 0 aliphatic heterocycles. The first-order chi connectivity index (χ1) is 54.7. The first kappa shape index (κ1) is 108. The van der Waals surface area contributed by atoms with Gasteiger partial charge in [0.15, 0.2) is 0 Å². The molecule has 0 atom stereocenters. The molecule has 4 aliphatic rings. The molecule has 4 aromatic heterocycles. The molecule has 0 saturated heterocycles. The van der Waals surface area contributed by atoms with Crippen LogP contribution in [-0.4, -0.2) is 102 Å². The topological polar surface area (TPSA) is 366 Å². The second kappa shape index (κ2) is 45.8. The molecule has 0 spiro atoms. The number of phenolic OH excluding ortho intramolecular Hbond substituents is 2. The molecule has 12 aromatic rings. The van der Waals surface area contributed by atoms with E-state index in [0.717, 1.165) is 101 Å². The molecule has 660 valence electrons. The van der Waals surface area contributed by atoms with Gasteiger partial charge in [0.2, 0.25) is 0 Å². The third-order valence-corrected chi connectivity index (χ3v) is 15.4. The Morgan fingerprint density at radius 2 is 0.492 bits per heavy atom. The van der Waals surface area contributed by atoms with Crippen molar-refractivity contribution in [2.24, 2.45) is 30.9 Å². The summed E-state index contributed by atoms with van der Waals surface area (Å²) in [5.41, 5.74) is 20.8. The normalized spacial score (nSPS) is 13.7. The molecule has 0 bridgehead atoms. The van der Waals surface area contributed by atoms with E-state index in [-0.39, 0.29) is 146 Å². The molecule has 4 heterocycles. The van der Waals surface area contributed by atoms with Gasteiger partial charge in [-0.05, 0) is 70.8 Å². The first-order valence-electron chi connectivity index (χ1n) is 32.9. The smallest absolute Gasteiger partial charge is 0.410 e. The number of halogens is 12. The van der Waals surface area contributed by atoms with Crippen molar-refractivity contribution in [2.75, 3.05) is 0 Å². The predicted octanol–water partition coefficient (Wildman–Crippen LogP) is 21.1. The molecule has 0 radical (unpaired) electrons. The molecule has 8 aromatic carbocycles. The third kappa shape index (κ3) is 33.2. The number of rotatable bonds is 6. The minimum Gasteiger partial charge on any atom is -0.410 e. The summed E-state index contributed by atoms with van der Waals surface area (Å²) >= 11 is 0. The van der Waals surface area contributed by atoms with E-state index in [2.05, 4.69) is 50.9 Å². The van der Waals surface area contributed by atoms with Crippen molar-refractivity contribution in [2.45, 2.75) is 13.8 Å². The van der Waals surface area contributed by atoms with Crippen molar-refractivity contribution in [3.63, 3.8) is 0 Å². The summed E-state index contributed by atoms with van der Waals surface area (Å²) in [5.74, 6) is -0.859. The number of hydrogen-bond acceptors (Lipinski definition) is 23. The largest absolute Gasteiger partial charge is 1.00 e. The molecule has 16 rings (SSSR count). The molecule has 4 aliphatic carbocycles. The average Bonchev–Trinajstić information content (AvgIpc) is 1.73. The number of para-hydroxylation sites is 2. The monoisotopic (exact) mass is 2290 g/mol. The Labute approximate surface area is 777 Å². The number of hydrogen-bond donors (Lipinski definition) is 6. The van der Waals surface area contributed by atoms with Gasteiger partial charge in [0.1, 0.15) is 68.5 Å². The zero-order valence-electron chi connectivity index (χ0n) is 61.3. The van der Waals surface area contributed by atoms with Crippen LogP contribution in [0.5, 0.6) is 11.5 Å². The van der Waals surface area contributed by atoms with Crippen LogP contribution in [0.15, 0.2) is 311 Å². The van der Waals surface area contributed by atoms with Crippen LogP contribution in [0, 0.1) is 15.3 Å². The maximum Gasteiger partial charge on any atom is 1.00 e. The van der Waals surface area contributed by atoms with Crippen LogP contribution in [0.1, 0.15) is 81.1 Å². The van der Waals surface area contributed by atoms with Crippen LogP contribution in [-0.2, 0) is 154 Å². The van der Waals surface area contributed by atoms with Gasteiger partial charge in [-0.15, -0.1) is 0 Å². The van der Waals surface area contributed by atoms with Crippen molar-refractivity contribution >= 4 is 61.8 Å². The summed E-state index contributed by atoms with van der Waals surface area (Å²) in [6, 6.07) is 78.8. The molecule has 24 nitrogen and oxygen atoms in total. The Hall–Kier alpha value is -10.2. The third-order valence-electron chi connectivity index (χ3n) is 15.4. The molecule has 0 saturated carbocycles. The number of benzene rings is 8. The SMILES string of the molecule is CC(=O)ON=C(c1ccccc1)c1ccccc1O.CC(=O)ON=C(c1ccccc1)c1ccccc1O.F[P-](F)(F)(F)(F)F.F[P-](F)(F)(F)(F)F.O=[N+]([O-])[O-].ON=C1c2ccccc2-c2cccnc21.ON=C1c2ccccc2-c2cccnc21.ON=C1c2ccccc2-c2cccnc21.ON=C1c2ccccc2-c2cccnc21.[Ag+].[Ag+].[Ag+].[Ag+].[Ag+].[Ag+]. The second-order valence-corrected chi connectivity index (χ2v) is 27.4. The quantitative estimate of drug-likeness (QED) is 0.0132. The number of oxime groups is 6. The van der Waals surface area contributed by atoms with Crippen molar-refractivity contribution < 1.29 is 240 Å². The molecular formula is C78H58Ag6F12N11O13P2+3. The Kier molecular flexibility index (Phi) is 40.5. The molecule has 122 heavy (non-hydrogen) atoms. The molecule has 6 N–H and O–H groups in total. The number of carbonyl (C=O) groups is 2. The number of phenols is 2. The van der Waals surface area contributed by atoms with E-state index >= 15 is 0 Å². The van der Waals surface area contributed by atoms with Gasteiger partial charge >= 0.3 is 212 Å². The number of aromatic nitrogens is 4. The summed E-state index contributed by atoms with van der Waals surface area (Å²) in [4.78, 5) is 56.4. The number of nitrogens with zero attached hydrogens (tertiary/aromatic N) is 11. The van der Waals surface area contributed by atoms with Crippen molar-refractivity contribution in [3.8, 4) is 56.0 Å². The van der Waals surface area contributed by atoms with Gasteiger partial charge in [0, 0.05) is 105 Å². The molecule has 0 fully saturated rings. The van der Waals surface area contributed by atoms with E-state index in [1.54, 1.807) is 73.3 Å². The van der Waals surface area contributed by atoms with Gasteiger partial charge in [-0.25, -0.2) is 9.59 Å². The van der Waals surface area contributed by atoms with Crippen LogP contribution in [0.3, 0.4) is 0 Å². The Bertz CT molecular complexity index is 5050. The van der Waals surface area contributed by atoms with E-state index in [1.807, 2.05) is 206 Å². The fourth-order valence-electron chi connectivity index (χ4n) is 11.1. The van der Waals surface area contributed by atoms with Crippen LogP contribution >= 0.6 is 15.6 Å².